The monoisotopic (exact) mass is 434 g/mol. The fourth-order valence-corrected chi connectivity index (χ4v) is 3.54. The lowest BCUT2D eigenvalue weighted by molar-refractivity contribution is -0.140. The fourth-order valence-electron chi connectivity index (χ4n) is 3.22. The van der Waals surface area contributed by atoms with Crippen molar-refractivity contribution in [2.45, 2.75) is 52.6 Å². The number of rotatable bonds is 9. The van der Waals surface area contributed by atoms with E-state index >= 15 is 0 Å². The summed E-state index contributed by atoms with van der Waals surface area (Å²) in [6.45, 7) is 6.78. The number of aryl methyl sites for hydroxylation is 1. The Bertz CT molecular complexity index is 855. The minimum Gasteiger partial charge on any atom is -0.354 e. The first-order valence-corrected chi connectivity index (χ1v) is 10.7. The molecule has 156 valence electrons. The third kappa shape index (κ3) is 6.76. The number of nitrogens with zero attached hydrogens (tertiary/aromatic N) is 1. The molecule has 4 nitrogen and oxygen atoms in total. The van der Waals surface area contributed by atoms with E-state index in [0.717, 1.165) is 23.1 Å². The summed E-state index contributed by atoms with van der Waals surface area (Å²) in [7, 11) is 0. The van der Waals surface area contributed by atoms with Gasteiger partial charge in [0.25, 0.3) is 0 Å². The Morgan fingerprint density at radius 3 is 2.41 bits per heavy atom. The van der Waals surface area contributed by atoms with Crippen molar-refractivity contribution in [1.82, 2.24) is 10.2 Å². The molecule has 2 rings (SSSR count). The van der Waals surface area contributed by atoms with Gasteiger partial charge < -0.3 is 10.2 Å². The number of nitrogens with one attached hydrogen (secondary N) is 1. The SMILES string of the molecule is CCCNC(=O)C(CC)N(Cc1ccc(Cl)c(Cl)c1)C(=O)Cc1cccc(C)c1. The molecule has 0 saturated carbocycles. The van der Waals surface area contributed by atoms with E-state index in [0.29, 0.717) is 29.6 Å². The average Bonchev–Trinajstić information content (AvgIpc) is 2.68. The van der Waals surface area contributed by atoms with E-state index in [1.165, 1.54) is 0 Å². The summed E-state index contributed by atoms with van der Waals surface area (Å²) in [5.74, 6) is -0.229. The van der Waals surface area contributed by atoms with Crippen molar-refractivity contribution in [2.24, 2.45) is 0 Å². The summed E-state index contributed by atoms with van der Waals surface area (Å²) in [5, 5.41) is 3.81. The van der Waals surface area contributed by atoms with Crippen LogP contribution in [0.4, 0.5) is 0 Å². The molecule has 1 unspecified atom stereocenters. The summed E-state index contributed by atoms with van der Waals surface area (Å²) < 4.78 is 0. The topological polar surface area (TPSA) is 49.4 Å². The molecule has 0 aromatic heterocycles. The molecule has 0 bridgehead atoms. The van der Waals surface area contributed by atoms with E-state index in [9.17, 15) is 9.59 Å². The standard InChI is InChI=1S/C23H28Cl2N2O2/c1-4-11-26-23(29)21(5-2)27(15-18-9-10-19(24)20(25)13-18)22(28)14-17-8-6-7-16(3)12-17/h6-10,12-13,21H,4-5,11,14-15H2,1-3H3,(H,26,29). The highest BCUT2D eigenvalue weighted by Crippen LogP contribution is 2.24. The third-order valence-electron chi connectivity index (χ3n) is 4.71. The maximum Gasteiger partial charge on any atom is 0.242 e. The predicted molar refractivity (Wildman–Crippen MR) is 119 cm³/mol. The maximum atomic E-state index is 13.2. The summed E-state index contributed by atoms with van der Waals surface area (Å²) >= 11 is 12.2. The predicted octanol–water partition coefficient (Wildman–Crippen LogP) is 5.18. The van der Waals surface area contributed by atoms with Gasteiger partial charge in [0.2, 0.25) is 11.8 Å². The summed E-state index contributed by atoms with van der Waals surface area (Å²) in [4.78, 5) is 27.6. The van der Waals surface area contributed by atoms with E-state index in [1.54, 1.807) is 17.0 Å². The van der Waals surface area contributed by atoms with Gasteiger partial charge in [-0.05, 0) is 43.0 Å². The Labute approximate surface area is 183 Å². The van der Waals surface area contributed by atoms with Crippen molar-refractivity contribution < 1.29 is 9.59 Å². The summed E-state index contributed by atoms with van der Waals surface area (Å²) in [6.07, 6.45) is 1.60. The van der Waals surface area contributed by atoms with E-state index in [-0.39, 0.29) is 18.2 Å². The van der Waals surface area contributed by atoms with Crippen molar-refractivity contribution in [3.63, 3.8) is 0 Å². The number of halogens is 2. The van der Waals surface area contributed by atoms with Crippen LogP contribution < -0.4 is 5.32 Å². The molecule has 2 aromatic rings. The quantitative estimate of drug-likeness (QED) is 0.590. The lowest BCUT2D eigenvalue weighted by Crippen LogP contribution is -2.49. The van der Waals surface area contributed by atoms with Crippen LogP contribution in [0.15, 0.2) is 42.5 Å². The molecule has 0 aliphatic heterocycles. The van der Waals surface area contributed by atoms with Crippen LogP contribution in [0.25, 0.3) is 0 Å². The van der Waals surface area contributed by atoms with Crippen molar-refractivity contribution in [2.75, 3.05) is 6.54 Å². The minimum atomic E-state index is -0.548. The second kappa shape index (κ2) is 11.2. The van der Waals surface area contributed by atoms with Crippen LogP contribution in [0.2, 0.25) is 10.0 Å². The number of carbonyl (C=O) groups is 2. The number of amides is 2. The molecule has 2 aromatic carbocycles. The van der Waals surface area contributed by atoms with E-state index in [2.05, 4.69) is 5.32 Å². The van der Waals surface area contributed by atoms with E-state index < -0.39 is 6.04 Å². The lowest BCUT2D eigenvalue weighted by atomic mass is 10.1. The van der Waals surface area contributed by atoms with Crippen LogP contribution >= 0.6 is 23.2 Å². The number of carbonyl (C=O) groups excluding carboxylic acids is 2. The van der Waals surface area contributed by atoms with Gasteiger partial charge in [-0.3, -0.25) is 9.59 Å². The van der Waals surface area contributed by atoms with Crippen LogP contribution in [0.1, 0.15) is 43.4 Å². The average molecular weight is 435 g/mol. The largest absolute Gasteiger partial charge is 0.354 e. The highest BCUT2D eigenvalue weighted by molar-refractivity contribution is 6.42. The molecule has 1 atom stereocenters. The minimum absolute atomic E-state index is 0.0971. The first-order valence-electron chi connectivity index (χ1n) is 9.92. The van der Waals surface area contributed by atoms with Gasteiger partial charge in [0.1, 0.15) is 6.04 Å². The number of hydrogen-bond acceptors (Lipinski definition) is 2. The van der Waals surface area contributed by atoms with Crippen molar-refractivity contribution in [1.29, 1.82) is 0 Å². The van der Waals surface area contributed by atoms with E-state index in [4.69, 9.17) is 23.2 Å². The van der Waals surface area contributed by atoms with Gasteiger partial charge in [-0.2, -0.15) is 0 Å². The molecular weight excluding hydrogens is 407 g/mol. The molecule has 1 N–H and O–H groups in total. The third-order valence-corrected chi connectivity index (χ3v) is 5.45. The van der Waals surface area contributed by atoms with Crippen molar-refractivity contribution in [3.8, 4) is 0 Å². The Kier molecular flexibility index (Phi) is 8.99. The normalized spacial score (nSPS) is 11.8. The molecule has 2 amide bonds. The highest BCUT2D eigenvalue weighted by Gasteiger charge is 2.28. The Balaban J connectivity index is 2.30. The summed E-state index contributed by atoms with van der Waals surface area (Å²) in [6, 6.07) is 12.6. The van der Waals surface area contributed by atoms with Gasteiger partial charge in [-0.15, -0.1) is 0 Å². The number of hydrogen-bond donors (Lipinski definition) is 1. The Morgan fingerprint density at radius 2 is 1.79 bits per heavy atom. The maximum absolute atomic E-state index is 13.2. The molecule has 29 heavy (non-hydrogen) atoms. The number of benzene rings is 2. The van der Waals surface area contributed by atoms with Crippen LogP contribution in [-0.4, -0.2) is 29.3 Å². The van der Waals surface area contributed by atoms with Gasteiger partial charge in [0.05, 0.1) is 16.5 Å². The molecule has 0 fully saturated rings. The van der Waals surface area contributed by atoms with Crippen LogP contribution in [0.3, 0.4) is 0 Å². The van der Waals surface area contributed by atoms with Gasteiger partial charge >= 0.3 is 0 Å². The Hall–Kier alpha value is -2.04. The smallest absolute Gasteiger partial charge is 0.242 e. The molecule has 0 spiro atoms. The summed E-state index contributed by atoms with van der Waals surface area (Å²) in [5.41, 5.74) is 2.86. The zero-order valence-electron chi connectivity index (χ0n) is 17.2. The van der Waals surface area contributed by atoms with Crippen molar-refractivity contribution >= 4 is 35.0 Å². The van der Waals surface area contributed by atoms with Gasteiger partial charge in [-0.1, -0.05) is 72.9 Å². The van der Waals surface area contributed by atoms with Crippen molar-refractivity contribution in [3.05, 3.63) is 69.2 Å². The first-order chi connectivity index (χ1) is 13.8. The van der Waals surface area contributed by atoms with Gasteiger partial charge in [-0.25, -0.2) is 0 Å². The van der Waals surface area contributed by atoms with Gasteiger partial charge in [0.15, 0.2) is 0 Å². The molecule has 0 radical (unpaired) electrons. The lowest BCUT2D eigenvalue weighted by Gasteiger charge is -2.31. The molecule has 6 heteroatoms. The molecule has 0 aliphatic rings. The highest BCUT2D eigenvalue weighted by atomic mass is 35.5. The fraction of sp³-hybridized carbons (Fsp3) is 0.391. The van der Waals surface area contributed by atoms with Crippen LogP contribution in [0.5, 0.6) is 0 Å². The second-order valence-electron chi connectivity index (χ2n) is 7.15. The zero-order valence-corrected chi connectivity index (χ0v) is 18.7. The molecule has 0 aliphatic carbocycles. The first kappa shape index (κ1) is 23.2. The van der Waals surface area contributed by atoms with Gasteiger partial charge in [0, 0.05) is 13.1 Å². The molecular formula is C23H28Cl2N2O2. The Morgan fingerprint density at radius 1 is 1.03 bits per heavy atom. The van der Waals surface area contributed by atoms with Crippen LogP contribution in [-0.2, 0) is 22.6 Å². The molecule has 0 saturated heterocycles. The molecule has 0 heterocycles. The zero-order chi connectivity index (χ0) is 21.4. The second-order valence-corrected chi connectivity index (χ2v) is 7.97. The van der Waals surface area contributed by atoms with Crippen LogP contribution in [0, 0.1) is 6.92 Å². The van der Waals surface area contributed by atoms with E-state index in [1.807, 2.05) is 51.1 Å².